The first-order chi connectivity index (χ1) is 13.5. The van der Waals surface area contributed by atoms with Crippen LogP contribution in [0.15, 0.2) is 71.5 Å². The molecule has 0 aliphatic carbocycles. The van der Waals surface area contributed by atoms with Crippen molar-refractivity contribution in [3.05, 3.63) is 82.6 Å². The molecule has 28 heavy (non-hydrogen) atoms. The van der Waals surface area contributed by atoms with Crippen molar-refractivity contribution < 1.29 is 9.53 Å². The normalized spacial score (nSPS) is 10.5. The minimum atomic E-state index is -0.308. The van der Waals surface area contributed by atoms with Crippen LogP contribution in [0.5, 0.6) is 5.75 Å². The lowest BCUT2D eigenvalue weighted by atomic mass is 10.1. The van der Waals surface area contributed by atoms with E-state index in [1.807, 2.05) is 61.5 Å². The lowest BCUT2D eigenvalue weighted by Crippen LogP contribution is -2.37. The van der Waals surface area contributed by atoms with E-state index in [1.54, 1.807) is 18.0 Å². The van der Waals surface area contributed by atoms with Crippen molar-refractivity contribution in [3.63, 3.8) is 0 Å². The van der Waals surface area contributed by atoms with Gasteiger partial charge in [-0.05, 0) is 30.7 Å². The molecule has 0 unspecified atom stereocenters. The zero-order valence-corrected chi connectivity index (χ0v) is 16.0. The van der Waals surface area contributed by atoms with Crippen molar-refractivity contribution in [1.29, 1.82) is 0 Å². The second-order valence-corrected chi connectivity index (χ2v) is 6.56. The summed E-state index contributed by atoms with van der Waals surface area (Å²) in [6.07, 6.45) is 0. The summed E-state index contributed by atoms with van der Waals surface area (Å²) in [7, 11) is 1.69. The molecular weight excluding hydrogens is 354 g/mol. The minimum Gasteiger partial charge on any atom is -0.492 e. The van der Waals surface area contributed by atoms with Crippen LogP contribution in [0.4, 0.5) is 0 Å². The molecule has 1 aromatic heterocycles. The molecule has 1 amide bonds. The predicted octanol–water partition coefficient (Wildman–Crippen LogP) is 2.76. The fourth-order valence-electron chi connectivity index (χ4n) is 2.70. The lowest BCUT2D eigenvalue weighted by molar-refractivity contribution is -0.131. The van der Waals surface area contributed by atoms with Crippen LogP contribution < -0.4 is 10.3 Å². The Bertz CT molecular complexity index is 999. The monoisotopic (exact) mass is 377 g/mol. The molecule has 0 saturated heterocycles. The Morgan fingerprint density at radius 1 is 1.07 bits per heavy atom. The first-order valence-corrected chi connectivity index (χ1v) is 9.10. The van der Waals surface area contributed by atoms with Crippen LogP contribution in [-0.2, 0) is 11.3 Å². The van der Waals surface area contributed by atoms with Crippen molar-refractivity contribution in [2.45, 2.75) is 13.5 Å². The summed E-state index contributed by atoms with van der Waals surface area (Å²) in [5.74, 6) is 0.571. The number of aromatic nitrogens is 2. The van der Waals surface area contributed by atoms with E-state index in [1.165, 1.54) is 10.7 Å². The number of hydrogen-bond donors (Lipinski definition) is 0. The molecule has 1 heterocycles. The van der Waals surface area contributed by atoms with Gasteiger partial charge in [0.05, 0.1) is 12.2 Å². The topological polar surface area (TPSA) is 64.4 Å². The van der Waals surface area contributed by atoms with Gasteiger partial charge in [-0.2, -0.15) is 5.10 Å². The number of aryl methyl sites for hydroxylation is 1. The van der Waals surface area contributed by atoms with Crippen molar-refractivity contribution >= 4 is 5.91 Å². The highest BCUT2D eigenvalue weighted by atomic mass is 16.5. The number of ether oxygens (including phenoxy) is 1. The Labute approximate surface area is 164 Å². The standard InChI is InChI=1S/C22H23N3O3/c1-17-7-6-10-19(15-17)28-14-13-24(2)22(27)16-25-21(26)12-11-20(23-25)18-8-4-3-5-9-18/h3-12,15H,13-14,16H2,1-2H3. The van der Waals surface area contributed by atoms with Crippen molar-refractivity contribution in [3.8, 4) is 17.0 Å². The minimum absolute atomic E-state index is 0.111. The highest BCUT2D eigenvalue weighted by Crippen LogP contribution is 2.14. The van der Waals surface area contributed by atoms with E-state index < -0.39 is 0 Å². The molecule has 0 aliphatic heterocycles. The molecule has 0 bridgehead atoms. The summed E-state index contributed by atoms with van der Waals surface area (Å²) in [5, 5.41) is 4.33. The largest absolute Gasteiger partial charge is 0.492 e. The van der Waals surface area contributed by atoms with Crippen LogP contribution in [0.2, 0.25) is 0 Å². The van der Waals surface area contributed by atoms with Crippen LogP contribution in [0.25, 0.3) is 11.3 Å². The van der Waals surface area contributed by atoms with Gasteiger partial charge >= 0.3 is 0 Å². The first-order valence-electron chi connectivity index (χ1n) is 9.10. The highest BCUT2D eigenvalue weighted by Gasteiger charge is 2.12. The Kier molecular flexibility index (Phi) is 6.22. The number of hydrogen-bond acceptors (Lipinski definition) is 4. The SMILES string of the molecule is Cc1cccc(OCCN(C)C(=O)Cn2nc(-c3ccccc3)ccc2=O)c1. The van der Waals surface area contributed by atoms with E-state index in [4.69, 9.17) is 4.74 Å². The molecule has 0 radical (unpaired) electrons. The Hall–Kier alpha value is -3.41. The van der Waals surface area contributed by atoms with E-state index in [2.05, 4.69) is 5.10 Å². The van der Waals surface area contributed by atoms with E-state index in [9.17, 15) is 9.59 Å². The van der Waals surface area contributed by atoms with Gasteiger partial charge in [0, 0.05) is 18.7 Å². The number of rotatable bonds is 7. The van der Waals surface area contributed by atoms with Gasteiger partial charge in [-0.1, -0.05) is 42.5 Å². The molecule has 6 heteroatoms. The zero-order valence-electron chi connectivity index (χ0n) is 16.0. The number of carbonyl (C=O) groups excluding carboxylic acids is 1. The Morgan fingerprint density at radius 3 is 2.61 bits per heavy atom. The van der Waals surface area contributed by atoms with Gasteiger partial charge in [-0.15, -0.1) is 0 Å². The van der Waals surface area contributed by atoms with Crippen LogP contribution in [0.1, 0.15) is 5.56 Å². The molecule has 6 nitrogen and oxygen atoms in total. The van der Waals surface area contributed by atoms with Gasteiger partial charge in [-0.25, -0.2) is 4.68 Å². The molecule has 2 aromatic carbocycles. The maximum Gasteiger partial charge on any atom is 0.267 e. The second kappa shape index (κ2) is 8.99. The molecule has 0 fully saturated rings. The molecule has 3 rings (SSSR count). The zero-order chi connectivity index (χ0) is 19.9. The maximum atomic E-state index is 12.5. The van der Waals surface area contributed by atoms with E-state index in [0.717, 1.165) is 16.9 Å². The Morgan fingerprint density at radius 2 is 1.86 bits per heavy atom. The lowest BCUT2D eigenvalue weighted by Gasteiger charge is -2.18. The van der Waals surface area contributed by atoms with Crippen molar-refractivity contribution in [1.82, 2.24) is 14.7 Å². The molecule has 0 saturated carbocycles. The van der Waals surface area contributed by atoms with Gasteiger partial charge in [0.1, 0.15) is 18.9 Å². The third kappa shape index (κ3) is 5.07. The van der Waals surface area contributed by atoms with E-state index in [-0.39, 0.29) is 18.0 Å². The molecule has 0 atom stereocenters. The van der Waals surface area contributed by atoms with E-state index in [0.29, 0.717) is 18.8 Å². The summed E-state index contributed by atoms with van der Waals surface area (Å²) in [4.78, 5) is 26.1. The fourth-order valence-corrected chi connectivity index (χ4v) is 2.70. The van der Waals surface area contributed by atoms with Crippen LogP contribution in [-0.4, -0.2) is 40.8 Å². The second-order valence-electron chi connectivity index (χ2n) is 6.56. The number of likely N-dealkylation sites (N-methyl/N-ethyl adjacent to an activating group) is 1. The summed E-state index contributed by atoms with van der Waals surface area (Å²) in [6.45, 7) is 2.68. The van der Waals surface area contributed by atoms with Crippen LogP contribution in [0, 0.1) is 6.92 Å². The van der Waals surface area contributed by atoms with Gasteiger partial charge in [-0.3, -0.25) is 9.59 Å². The quantitative estimate of drug-likeness (QED) is 0.635. The summed E-state index contributed by atoms with van der Waals surface area (Å²) < 4.78 is 6.88. The third-order valence-electron chi connectivity index (χ3n) is 4.33. The fraction of sp³-hybridized carbons (Fsp3) is 0.227. The van der Waals surface area contributed by atoms with Crippen LogP contribution >= 0.6 is 0 Å². The maximum absolute atomic E-state index is 12.5. The van der Waals surface area contributed by atoms with Gasteiger partial charge < -0.3 is 9.64 Å². The predicted molar refractivity (Wildman–Crippen MR) is 108 cm³/mol. The van der Waals surface area contributed by atoms with Crippen molar-refractivity contribution in [2.24, 2.45) is 0 Å². The smallest absolute Gasteiger partial charge is 0.267 e. The highest BCUT2D eigenvalue weighted by molar-refractivity contribution is 5.75. The average Bonchev–Trinajstić information content (AvgIpc) is 2.70. The summed E-state index contributed by atoms with van der Waals surface area (Å²) >= 11 is 0. The molecule has 0 aliphatic rings. The van der Waals surface area contributed by atoms with Gasteiger partial charge in [0.15, 0.2) is 0 Å². The molecule has 144 valence electrons. The third-order valence-corrected chi connectivity index (χ3v) is 4.33. The molecular formula is C22H23N3O3. The molecule has 3 aromatic rings. The summed E-state index contributed by atoms with van der Waals surface area (Å²) in [6, 6.07) is 20.4. The first kappa shape index (κ1) is 19.4. The van der Waals surface area contributed by atoms with Gasteiger partial charge in [0.2, 0.25) is 5.91 Å². The number of carbonyl (C=O) groups is 1. The molecule has 0 spiro atoms. The summed E-state index contributed by atoms with van der Waals surface area (Å²) in [5.41, 5.74) is 2.35. The van der Waals surface area contributed by atoms with Gasteiger partial charge in [0.25, 0.3) is 5.56 Å². The number of benzene rings is 2. The molecule has 0 N–H and O–H groups in total. The Balaban J connectivity index is 1.60. The van der Waals surface area contributed by atoms with E-state index >= 15 is 0 Å². The number of nitrogens with zero attached hydrogens (tertiary/aromatic N) is 3. The van der Waals surface area contributed by atoms with Crippen molar-refractivity contribution in [2.75, 3.05) is 20.2 Å². The van der Waals surface area contributed by atoms with Crippen LogP contribution in [0.3, 0.4) is 0 Å². The number of amides is 1. The average molecular weight is 377 g/mol.